The van der Waals surface area contributed by atoms with E-state index in [-0.39, 0.29) is 11.7 Å². The second kappa shape index (κ2) is 5.07. The number of rotatable bonds is 3. The molecule has 0 N–H and O–H groups in total. The summed E-state index contributed by atoms with van der Waals surface area (Å²) in [6, 6.07) is 4.75. The van der Waals surface area contributed by atoms with Crippen molar-refractivity contribution in [3.05, 3.63) is 40.0 Å². The lowest BCUT2D eigenvalue weighted by atomic mass is 10.0. The Bertz CT molecular complexity index is 387. The number of allylic oxidation sites excluding steroid dienone is 1. The monoisotopic (exact) mass is 342 g/mol. The molecule has 1 nitrogen and oxygen atoms in total. The number of benzene rings is 1. The highest BCUT2D eigenvalue weighted by Crippen LogP contribution is 2.30. The highest BCUT2D eigenvalue weighted by Gasteiger charge is 2.32. The van der Waals surface area contributed by atoms with Gasteiger partial charge in [0.15, 0.2) is 0 Å². The third kappa shape index (κ3) is 3.70. The molecule has 0 amide bonds. The van der Waals surface area contributed by atoms with Crippen LogP contribution in [0.5, 0.6) is 5.75 Å². The molecule has 0 spiro atoms. The molecule has 0 bridgehead atoms. The van der Waals surface area contributed by atoms with Crippen LogP contribution in [-0.2, 0) is 0 Å². The zero-order valence-corrected chi connectivity index (χ0v) is 10.7. The first-order chi connectivity index (χ1) is 7.33. The first kappa shape index (κ1) is 13.3. The smallest absolute Gasteiger partial charge is 0.405 e. The molecule has 88 valence electrons. The van der Waals surface area contributed by atoms with E-state index in [1.54, 1.807) is 40.8 Å². The van der Waals surface area contributed by atoms with Crippen molar-refractivity contribution in [1.82, 2.24) is 0 Å². The largest absolute Gasteiger partial charge is 0.573 e. The molecule has 1 rings (SSSR count). The topological polar surface area (TPSA) is 9.23 Å². The fourth-order valence-corrected chi connectivity index (χ4v) is 1.59. The van der Waals surface area contributed by atoms with Gasteiger partial charge in [0.2, 0.25) is 0 Å². The van der Waals surface area contributed by atoms with Gasteiger partial charge in [-0.25, -0.2) is 0 Å². The molecule has 0 aliphatic rings. The fourth-order valence-electron chi connectivity index (χ4n) is 1.14. The molecule has 0 saturated carbocycles. The summed E-state index contributed by atoms with van der Waals surface area (Å²) in [5.41, 5.74) is 0.745. The lowest BCUT2D eigenvalue weighted by Crippen LogP contribution is -2.18. The van der Waals surface area contributed by atoms with Crippen LogP contribution in [-0.4, -0.2) is 6.36 Å². The molecule has 1 atom stereocenters. The maximum absolute atomic E-state index is 12.1. The number of hydrogen-bond acceptors (Lipinski definition) is 1. The Morgan fingerprint density at radius 3 is 2.56 bits per heavy atom. The molecule has 1 aromatic rings. The molecule has 0 radical (unpaired) electrons. The van der Waals surface area contributed by atoms with Crippen molar-refractivity contribution in [2.75, 3.05) is 0 Å². The average Bonchev–Trinajstić information content (AvgIpc) is 2.18. The predicted molar refractivity (Wildman–Crippen MR) is 64.5 cm³/mol. The van der Waals surface area contributed by atoms with E-state index in [1.165, 1.54) is 6.07 Å². The van der Waals surface area contributed by atoms with Gasteiger partial charge in [-0.1, -0.05) is 19.1 Å². The standard InChI is InChI=1S/C11H10F3IO/c1-3-7(2)8-4-5-9(15)10(6-8)16-11(12,13)14/h3-7H,1H2,2H3. The second-order valence-corrected chi connectivity index (χ2v) is 4.42. The molecule has 16 heavy (non-hydrogen) atoms. The minimum atomic E-state index is -4.66. The van der Waals surface area contributed by atoms with Crippen molar-refractivity contribution in [1.29, 1.82) is 0 Å². The quantitative estimate of drug-likeness (QED) is 0.581. The fraction of sp³-hybridized carbons (Fsp3) is 0.273. The maximum Gasteiger partial charge on any atom is 0.573 e. The zero-order valence-electron chi connectivity index (χ0n) is 8.51. The van der Waals surface area contributed by atoms with Gasteiger partial charge in [0.1, 0.15) is 5.75 Å². The lowest BCUT2D eigenvalue weighted by molar-refractivity contribution is -0.275. The van der Waals surface area contributed by atoms with Gasteiger partial charge in [-0.3, -0.25) is 0 Å². The van der Waals surface area contributed by atoms with E-state index in [0.717, 1.165) is 5.56 Å². The van der Waals surface area contributed by atoms with Crippen molar-refractivity contribution < 1.29 is 17.9 Å². The van der Waals surface area contributed by atoms with E-state index < -0.39 is 6.36 Å². The third-order valence-corrected chi connectivity index (χ3v) is 2.95. The average molecular weight is 342 g/mol. The molecule has 0 aliphatic heterocycles. The Morgan fingerprint density at radius 2 is 2.06 bits per heavy atom. The first-order valence-corrected chi connectivity index (χ1v) is 5.59. The van der Waals surface area contributed by atoms with Crippen molar-refractivity contribution in [2.45, 2.75) is 19.2 Å². The van der Waals surface area contributed by atoms with Crippen molar-refractivity contribution >= 4 is 22.6 Å². The van der Waals surface area contributed by atoms with E-state index in [2.05, 4.69) is 11.3 Å². The molecular weight excluding hydrogens is 332 g/mol. The SMILES string of the molecule is C=CC(C)c1ccc(I)c(OC(F)(F)F)c1. The number of halogens is 4. The minimum absolute atomic E-state index is 0.00687. The van der Waals surface area contributed by atoms with Crippen LogP contribution in [0.15, 0.2) is 30.9 Å². The molecule has 1 unspecified atom stereocenters. The van der Waals surface area contributed by atoms with E-state index in [1.807, 2.05) is 6.92 Å². The molecule has 0 aliphatic carbocycles. The van der Waals surface area contributed by atoms with E-state index >= 15 is 0 Å². The summed E-state index contributed by atoms with van der Waals surface area (Å²) in [5, 5.41) is 0. The molecule has 0 aromatic heterocycles. The van der Waals surface area contributed by atoms with Gasteiger partial charge in [-0.2, -0.15) is 0 Å². The van der Waals surface area contributed by atoms with Crippen LogP contribution in [0.25, 0.3) is 0 Å². The van der Waals surface area contributed by atoms with Crippen molar-refractivity contribution in [3.8, 4) is 5.75 Å². The van der Waals surface area contributed by atoms with Gasteiger partial charge >= 0.3 is 6.36 Å². The highest BCUT2D eigenvalue weighted by atomic mass is 127. The molecule has 1 aromatic carbocycles. The summed E-state index contributed by atoms with van der Waals surface area (Å²) in [4.78, 5) is 0. The summed E-state index contributed by atoms with van der Waals surface area (Å²) in [7, 11) is 0. The molecule has 0 heterocycles. The second-order valence-electron chi connectivity index (χ2n) is 3.26. The van der Waals surface area contributed by atoms with Crippen LogP contribution < -0.4 is 4.74 Å². The Morgan fingerprint density at radius 1 is 1.44 bits per heavy atom. The first-order valence-electron chi connectivity index (χ1n) is 4.51. The normalized spacial score (nSPS) is 13.3. The Hall–Kier alpha value is -0.720. The summed E-state index contributed by atoms with van der Waals surface area (Å²) in [5.74, 6) is -0.174. The van der Waals surface area contributed by atoms with E-state index in [4.69, 9.17) is 0 Å². The van der Waals surface area contributed by atoms with Crippen LogP contribution in [0.1, 0.15) is 18.4 Å². The summed E-state index contributed by atoms with van der Waals surface area (Å²) >= 11 is 1.80. The van der Waals surface area contributed by atoms with Gasteiger partial charge in [0.25, 0.3) is 0 Å². The van der Waals surface area contributed by atoms with Crippen LogP contribution in [0.2, 0.25) is 0 Å². The minimum Gasteiger partial charge on any atom is -0.405 e. The van der Waals surface area contributed by atoms with Gasteiger partial charge in [-0.05, 0) is 46.2 Å². The maximum atomic E-state index is 12.1. The van der Waals surface area contributed by atoms with Crippen LogP contribution in [0, 0.1) is 3.57 Å². The van der Waals surface area contributed by atoms with Gasteiger partial charge in [-0.15, -0.1) is 19.8 Å². The Labute approximate surface area is 105 Å². The van der Waals surface area contributed by atoms with Crippen molar-refractivity contribution in [2.24, 2.45) is 0 Å². The van der Waals surface area contributed by atoms with Crippen LogP contribution in [0.4, 0.5) is 13.2 Å². The molecular formula is C11H10F3IO. The third-order valence-electron chi connectivity index (χ3n) is 2.06. The van der Waals surface area contributed by atoms with Crippen LogP contribution in [0.3, 0.4) is 0 Å². The van der Waals surface area contributed by atoms with E-state index in [9.17, 15) is 13.2 Å². The van der Waals surface area contributed by atoms with Gasteiger partial charge < -0.3 is 4.74 Å². The highest BCUT2D eigenvalue weighted by molar-refractivity contribution is 14.1. The van der Waals surface area contributed by atoms with Crippen molar-refractivity contribution in [3.63, 3.8) is 0 Å². The molecule has 0 fully saturated rings. The predicted octanol–water partition coefficient (Wildman–Crippen LogP) is 4.48. The summed E-state index contributed by atoms with van der Waals surface area (Å²) in [6.45, 7) is 5.45. The van der Waals surface area contributed by atoms with E-state index in [0.29, 0.717) is 3.57 Å². The number of hydrogen-bond donors (Lipinski definition) is 0. The number of alkyl halides is 3. The van der Waals surface area contributed by atoms with Gasteiger partial charge in [0, 0.05) is 0 Å². The molecule has 0 saturated heterocycles. The summed E-state index contributed by atoms with van der Waals surface area (Å²) < 4.78 is 40.6. The van der Waals surface area contributed by atoms with Crippen LogP contribution >= 0.6 is 22.6 Å². The lowest BCUT2D eigenvalue weighted by Gasteiger charge is -2.13. The van der Waals surface area contributed by atoms with Gasteiger partial charge in [0.05, 0.1) is 3.57 Å². The molecule has 5 heteroatoms. The zero-order chi connectivity index (χ0) is 12.3. The number of ether oxygens (including phenoxy) is 1. The summed E-state index contributed by atoms with van der Waals surface area (Å²) in [6.07, 6.45) is -2.99. The Kier molecular flexibility index (Phi) is 4.23. The Balaban J connectivity index is 3.04.